The van der Waals surface area contributed by atoms with Gasteiger partial charge in [-0.2, -0.15) is 5.10 Å². The van der Waals surface area contributed by atoms with Crippen molar-refractivity contribution in [2.45, 2.75) is 44.9 Å². The molecule has 1 aliphatic carbocycles. The molecule has 1 heterocycles. The van der Waals surface area contributed by atoms with E-state index in [1.807, 2.05) is 30.3 Å². The first-order valence-electron chi connectivity index (χ1n) is 12.4. The molecule has 1 saturated heterocycles. The van der Waals surface area contributed by atoms with Gasteiger partial charge >= 0.3 is 0 Å². The van der Waals surface area contributed by atoms with Gasteiger partial charge in [0.25, 0.3) is 5.69 Å². The largest absolute Gasteiger partial charge is 0.303 e. The van der Waals surface area contributed by atoms with Crippen molar-refractivity contribution in [3.05, 3.63) is 94.1 Å². The molecule has 178 valence electrons. The lowest BCUT2D eigenvalue weighted by Crippen LogP contribution is -2.34. The number of hydrogen-bond acceptors (Lipinski definition) is 5. The molecule has 1 fully saturated rings. The Kier molecular flexibility index (Phi) is 8.63. The van der Waals surface area contributed by atoms with Crippen LogP contribution in [-0.4, -0.2) is 35.2 Å². The fourth-order valence-corrected chi connectivity index (χ4v) is 4.74. The van der Waals surface area contributed by atoms with Gasteiger partial charge in [0.15, 0.2) is 0 Å². The van der Waals surface area contributed by atoms with Crippen LogP contribution in [0.25, 0.3) is 0 Å². The third-order valence-corrected chi connectivity index (χ3v) is 6.73. The number of hydrazone groups is 1. The van der Waals surface area contributed by atoms with E-state index in [1.54, 1.807) is 29.8 Å². The number of para-hydroxylation sites is 1. The van der Waals surface area contributed by atoms with E-state index < -0.39 is 0 Å². The van der Waals surface area contributed by atoms with Crippen molar-refractivity contribution in [2.24, 2.45) is 11.0 Å². The van der Waals surface area contributed by atoms with Crippen LogP contribution >= 0.6 is 0 Å². The topological polar surface area (TPSA) is 70.8 Å². The smallest absolute Gasteiger partial charge is 0.269 e. The van der Waals surface area contributed by atoms with Crippen LogP contribution in [0.5, 0.6) is 0 Å². The van der Waals surface area contributed by atoms with E-state index in [4.69, 9.17) is 0 Å². The fraction of sp³-hybridized carbons (Fsp3) is 0.393. The van der Waals surface area contributed by atoms with Crippen LogP contribution in [0.1, 0.15) is 50.5 Å². The number of allylic oxidation sites excluding steroid dienone is 4. The quantitative estimate of drug-likeness (QED) is 0.189. The molecule has 1 N–H and O–H groups in total. The predicted molar refractivity (Wildman–Crippen MR) is 139 cm³/mol. The molecule has 6 nitrogen and oxygen atoms in total. The van der Waals surface area contributed by atoms with Crippen molar-refractivity contribution >= 4 is 17.1 Å². The number of piperidine rings is 1. The molecule has 4 rings (SSSR count). The number of benzene rings is 2. The summed E-state index contributed by atoms with van der Waals surface area (Å²) >= 11 is 0. The van der Waals surface area contributed by atoms with Gasteiger partial charge in [0, 0.05) is 12.1 Å². The van der Waals surface area contributed by atoms with Crippen molar-refractivity contribution in [1.29, 1.82) is 0 Å². The summed E-state index contributed by atoms with van der Waals surface area (Å²) < 4.78 is 0. The molecule has 1 aliphatic heterocycles. The Hall–Kier alpha value is -3.25. The van der Waals surface area contributed by atoms with Crippen LogP contribution in [-0.2, 0) is 0 Å². The molecular weight excluding hydrogens is 424 g/mol. The van der Waals surface area contributed by atoms with Crippen LogP contribution in [0, 0.1) is 16.0 Å². The third kappa shape index (κ3) is 6.87. The molecule has 0 bridgehead atoms. The van der Waals surface area contributed by atoms with Gasteiger partial charge < -0.3 is 4.90 Å². The second-order valence-electron chi connectivity index (χ2n) is 9.10. The zero-order chi connectivity index (χ0) is 23.6. The Balaban J connectivity index is 1.28. The molecule has 34 heavy (non-hydrogen) atoms. The van der Waals surface area contributed by atoms with E-state index >= 15 is 0 Å². The number of anilines is 1. The minimum absolute atomic E-state index is 0.0991. The Morgan fingerprint density at radius 2 is 1.79 bits per heavy atom. The minimum atomic E-state index is -0.368. The number of nitro groups is 1. The lowest BCUT2D eigenvalue weighted by atomic mass is 9.86. The average molecular weight is 459 g/mol. The first-order valence-corrected chi connectivity index (χ1v) is 12.4. The van der Waals surface area contributed by atoms with E-state index in [-0.39, 0.29) is 10.6 Å². The zero-order valence-corrected chi connectivity index (χ0v) is 19.7. The van der Waals surface area contributed by atoms with E-state index in [0.29, 0.717) is 0 Å². The molecule has 0 unspecified atom stereocenters. The summed E-state index contributed by atoms with van der Waals surface area (Å²) in [5.74, 6) is 0.734. The van der Waals surface area contributed by atoms with Crippen LogP contribution in [0.3, 0.4) is 0 Å². The van der Waals surface area contributed by atoms with Gasteiger partial charge in [-0.25, -0.2) is 0 Å². The molecule has 0 amide bonds. The first-order chi connectivity index (χ1) is 16.7. The predicted octanol–water partition coefficient (Wildman–Crippen LogP) is 6.57. The molecule has 0 aromatic heterocycles. The van der Waals surface area contributed by atoms with Gasteiger partial charge in [-0.3, -0.25) is 15.5 Å². The highest BCUT2D eigenvalue weighted by atomic mass is 16.6. The highest BCUT2D eigenvalue weighted by Gasteiger charge is 2.21. The number of non-ortho nitro benzene ring substituents is 1. The van der Waals surface area contributed by atoms with E-state index in [0.717, 1.165) is 48.7 Å². The number of nitrogens with zero attached hydrogens (tertiary/aromatic N) is 3. The van der Waals surface area contributed by atoms with Gasteiger partial charge in [0.1, 0.15) is 0 Å². The van der Waals surface area contributed by atoms with Gasteiger partial charge in [0.2, 0.25) is 0 Å². The maximum absolute atomic E-state index is 11.0. The van der Waals surface area contributed by atoms with Crippen molar-refractivity contribution in [1.82, 2.24) is 4.90 Å². The van der Waals surface area contributed by atoms with Gasteiger partial charge in [-0.05, 0) is 106 Å². The summed E-state index contributed by atoms with van der Waals surface area (Å²) in [6, 6.07) is 16.5. The number of nitro benzene ring substituents is 1. The summed E-state index contributed by atoms with van der Waals surface area (Å²) in [6.45, 7) is 3.46. The van der Waals surface area contributed by atoms with Crippen molar-refractivity contribution in [3.63, 3.8) is 0 Å². The zero-order valence-electron chi connectivity index (χ0n) is 19.7. The summed E-state index contributed by atoms with van der Waals surface area (Å²) in [5, 5.41) is 15.7. The Morgan fingerprint density at radius 3 is 2.47 bits per heavy atom. The number of nitrogens with one attached hydrogen (secondary N) is 1. The summed E-state index contributed by atoms with van der Waals surface area (Å²) in [4.78, 5) is 13.2. The molecule has 0 radical (unpaired) electrons. The molecule has 0 saturated carbocycles. The maximum atomic E-state index is 11.0. The summed E-state index contributed by atoms with van der Waals surface area (Å²) in [6.07, 6.45) is 15.0. The lowest BCUT2D eigenvalue weighted by molar-refractivity contribution is -0.384. The highest BCUT2D eigenvalue weighted by Crippen LogP contribution is 2.28. The molecule has 0 spiro atoms. The number of unbranched alkanes of at least 4 members (excludes halogenated alkanes) is 1. The Bertz CT molecular complexity index is 1020. The van der Waals surface area contributed by atoms with Crippen molar-refractivity contribution in [3.8, 4) is 0 Å². The molecule has 2 aliphatic rings. The number of hydrogen-bond donors (Lipinski definition) is 1. The number of likely N-dealkylation sites (tertiary alicyclic amines) is 1. The minimum Gasteiger partial charge on any atom is -0.303 e. The summed E-state index contributed by atoms with van der Waals surface area (Å²) in [7, 11) is 0. The first kappa shape index (κ1) is 23.9. The molecular formula is C28H34N4O2. The standard InChI is InChI=1S/C28H34N4O2/c33-32(34)27-16-14-25(15-17-27)28(30-29-26-11-5-2-6-12-26)13-7-8-20-31-21-18-24(19-22-31)23-9-3-1-4-10-23/h2-3,5-6,9-12,14-17,24,29H,1,4,7-8,13,18-22H2/b30-28+. The third-order valence-electron chi connectivity index (χ3n) is 6.73. The highest BCUT2D eigenvalue weighted by molar-refractivity contribution is 6.01. The second-order valence-corrected chi connectivity index (χ2v) is 9.10. The van der Waals surface area contributed by atoms with Crippen molar-refractivity contribution < 1.29 is 4.92 Å². The van der Waals surface area contributed by atoms with Crippen LogP contribution < -0.4 is 5.43 Å². The lowest BCUT2D eigenvalue weighted by Gasteiger charge is -2.33. The van der Waals surface area contributed by atoms with Crippen LogP contribution in [0.4, 0.5) is 11.4 Å². The Morgan fingerprint density at radius 1 is 1.03 bits per heavy atom. The molecule has 2 aromatic carbocycles. The fourth-order valence-electron chi connectivity index (χ4n) is 4.74. The van der Waals surface area contributed by atoms with Gasteiger partial charge in [0.05, 0.1) is 16.3 Å². The second kappa shape index (κ2) is 12.3. The van der Waals surface area contributed by atoms with Crippen LogP contribution in [0.15, 0.2) is 83.5 Å². The maximum Gasteiger partial charge on any atom is 0.269 e. The SMILES string of the molecule is O=[N+]([O-])c1ccc(/C(CCCCN2CCC(C3=CCCC=C3)CC2)=N/Nc2ccccc2)cc1. The molecule has 2 aromatic rings. The molecule has 6 heteroatoms. The van der Waals surface area contributed by atoms with Crippen LogP contribution in [0.2, 0.25) is 0 Å². The number of rotatable bonds is 10. The van der Waals surface area contributed by atoms with E-state index in [2.05, 4.69) is 33.7 Å². The van der Waals surface area contributed by atoms with Crippen molar-refractivity contribution in [2.75, 3.05) is 25.1 Å². The average Bonchev–Trinajstić information content (AvgIpc) is 2.90. The van der Waals surface area contributed by atoms with Gasteiger partial charge in [-0.1, -0.05) is 36.4 Å². The monoisotopic (exact) mass is 458 g/mol. The summed E-state index contributed by atoms with van der Waals surface area (Å²) in [5.41, 5.74) is 7.56. The normalized spacial score (nSPS) is 17.4. The van der Waals surface area contributed by atoms with E-state index in [9.17, 15) is 10.1 Å². The molecule has 0 atom stereocenters. The Labute approximate surface area is 202 Å². The van der Waals surface area contributed by atoms with Gasteiger partial charge in [-0.15, -0.1) is 0 Å². The van der Waals surface area contributed by atoms with E-state index in [1.165, 1.54) is 38.8 Å².